The number of nitrogens with zero attached hydrogens (tertiary/aromatic N) is 1. The lowest BCUT2D eigenvalue weighted by molar-refractivity contribution is 0.807. The minimum atomic E-state index is 0.468. The van der Waals surface area contributed by atoms with E-state index in [0.717, 1.165) is 12.8 Å². The minimum Gasteiger partial charge on any atom is -0.312 e. The summed E-state index contributed by atoms with van der Waals surface area (Å²) in [7, 11) is 0. The van der Waals surface area contributed by atoms with Crippen molar-refractivity contribution in [2.24, 2.45) is 10.7 Å². The highest BCUT2D eigenvalue weighted by Crippen LogP contribution is 2.13. The summed E-state index contributed by atoms with van der Waals surface area (Å²) in [6.07, 6.45) is 6.97. The normalized spacial score (nSPS) is 19.9. The van der Waals surface area contributed by atoms with Crippen molar-refractivity contribution in [1.29, 1.82) is 0 Å². The Morgan fingerprint density at radius 3 is 2.67 bits per heavy atom. The van der Waals surface area contributed by atoms with E-state index < -0.39 is 0 Å². The smallest absolute Gasteiger partial charge is 0.0858 e. The van der Waals surface area contributed by atoms with Gasteiger partial charge in [0.2, 0.25) is 0 Å². The van der Waals surface area contributed by atoms with Gasteiger partial charge in [-0.25, -0.2) is 0 Å². The molecule has 2 nitrogen and oxygen atoms in total. The average molecular weight is 125 g/mol. The molecule has 0 atom stereocenters. The summed E-state index contributed by atoms with van der Waals surface area (Å²) >= 11 is 0. The van der Waals surface area contributed by atoms with Crippen molar-refractivity contribution in [2.75, 3.05) is 6.67 Å². The Labute approximate surface area is 56.2 Å². The largest absolute Gasteiger partial charge is 0.312 e. The van der Waals surface area contributed by atoms with Crippen LogP contribution in [0.1, 0.15) is 25.7 Å². The van der Waals surface area contributed by atoms with Gasteiger partial charge < -0.3 is 5.73 Å². The maximum absolute atomic E-state index is 5.26. The van der Waals surface area contributed by atoms with Crippen LogP contribution in [-0.2, 0) is 0 Å². The standard InChI is InChI=1S/C7H13N2/c8-6-9-7-4-2-1-3-5-7/h1H,2-6,8H2. The van der Waals surface area contributed by atoms with Crippen molar-refractivity contribution in [1.82, 2.24) is 0 Å². The van der Waals surface area contributed by atoms with Crippen LogP contribution in [0, 0.1) is 6.42 Å². The maximum Gasteiger partial charge on any atom is 0.0858 e. The topological polar surface area (TPSA) is 38.4 Å². The zero-order chi connectivity index (χ0) is 6.53. The van der Waals surface area contributed by atoms with Gasteiger partial charge in [0, 0.05) is 5.71 Å². The number of hydrogen-bond acceptors (Lipinski definition) is 2. The summed E-state index contributed by atoms with van der Waals surface area (Å²) in [5, 5.41) is 0. The van der Waals surface area contributed by atoms with Crippen LogP contribution in [0.2, 0.25) is 0 Å². The second-order valence-electron chi connectivity index (χ2n) is 2.27. The Morgan fingerprint density at radius 1 is 1.44 bits per heavy atom. The Kier molecular flexibility index (Phi) is 2.71. The van der Waals surface area contributed by atoms with Gasteiger partial charge in [-0.1, -0.05) is 0 Å². The highest BCUT2D eigenvalue weighted by molar-refractivity contribution is 5.85. The van der Waals surface area contributed by atoms with E-state index in [0.29, 0.717) is 6.67 Å². The van der Waals surface area contributed by atoms with Gasteiger partial charge in [-0.2, -0.15) is 0 Å². The molecule has 0 unspecified atom stereocenters. The molecule has 2 N–H and O–H groups in total. The third kappa shape index (κ3) is 2.14. The van der Waals surface area contributed by atoms with Crippen LogP contribution in [0.4, 0.5) is 0 Å². The van der Waals surface area contributed by atoms with Gasteiger partial charge >= 0.3 is 0 Å². The average Bonchev–Trinajstić information content (AvgIpc) is 1.91. The second-order valence-corrected chi connectivity index (χ2v) is 2.27. The van der Waals surface area contributed by atoms with Crippen molar-refractivity contribution in [2.45, 2.75) is 25.7 Å². The summed E-state index contributed by atoms with van der Waals surface area (Å²) in [6.45, 7) is 0.468. The van der Waals surface area contributed by atoms with E-state index in [1.54, 1.807) is 0 Å². The first-order valence-electron chi connectivity index (χ1n) is 3.47. The molecular formula is C7H13N2. The molecule has 1 saturated carbocycles. The fraction of sp³-hybridized carbons (Fsp3) is 0.714. The molecule has 1 radical (unpaired) electrons. The molecule has 0 amide bonds. The SMILES string of the molecule is NCN=C1CC[CH]CC1. The van der Waals surface area contributed by atoms with Crippen LogP contribution in [0.3, 0.4) is 0 Å². The quantitative estimate of drug-likeness (QED) is 0.560. The van der Waals surface area contributed by atoms with Crippen LogP contribution in [0.15, 0.2) is 4.99 Å². The molecule has 0 spiro atoms. The molecule has 0 saturated heterocycles. The van der Waals surface area contributed by atoms with Crippen molar-refractivity contribution >= 4 is 5.71 Å². The fourth-order valence-electron chi connectivity index (χ4n) is 1.09. The van der Waals surface area contributed by atoms with Crippen LogP contribution in [0.25, 0.3) is 0 Å². The molecule has 0 aliphatic heterocycles. The molecule has 0 bridgehead atoms. The minimum absolute atomic E-state index is 0.468. The van der Waals surface area contributed by atoms with E-state index in [9.17, 15) is 0 Å². The van der Waals surface area contributed by atoms with Crippen LogP contribution < -0.4 is 5.73 Å². The molecule has 1 aliphatic carbocycles. The predicted octanol–water partition coefficient (Wildman–Crippen LogP) is 1.12. The van der Waals surface area contributed by atoms with E-state index >= 15 is 0 Å². The van der Waals surface area contributed by atoms with Crippen LogP contribution >= 0.6 is 0 Å². The van der Waals surface area contributed by atoms with Crippen LogP contribution in [0.5, 0.6) is 0 Å². The Hall–Kier alpha value is -0.370. The van der Waals surface area contributed by atoms with Crippen LogP contribution in [-0.4, -0.2) is 12.4 Å². The number of nitrogens with two attached hydrogens (primary N) is 1. The van der Waals surface area contributed by atoms with Gasteiger partial charge in [0.05, 0.1) is 6.67 Å². The molecule has 9 heavy (non-hydrogen) atoms. The number of aliphatic imine (C=N–C) groups is 1. The molecule has 0 aromatic heterocycles. The number of hydrogen-bond donors (Lipinski definition) is 1. The highest BCUT2D eigenvalue weighted by Gasteiger charge is 2.04. The van der Waals surface area contributed by atoms with E-state index in [2.05, 4.69) is 11.4 Å². The fourth-order valence-corrected chi connectivity index (χ4v) is 1.09. The monoisotopic (exact) mass is 125 g/mol. The lowest BCUT2D eigenvalue weighted by Crippen LogP contribution is -2.08. The zero-order valence-electron chi connectivity index (χ0n) is 5.64. The van der Waals surface area contributed by atoms with Gasteiger partial charge in [-0.3, -0.25) is 4.99 Å². The van der Waals surface area contributed by atoms with Gasteiger partial charge in [0.25, 0.3) is 0 Å². The molecule has 1 fully saturated rings. The van der Waals surface area contributed by atoms with Gasteiger partial charge in [0.15, 0.2) is 0 Å². The third-order valence-electron chi connectivity index (χ3n) is 1.59. The van der Waals surface area contributed by atoms with E-state index in [-0.39, 0.29) is 0 Å². The molecular weight excluding hydrogens is 112 g/mol. The second kappa shape index (κ2) is 3.62. The molecule has 0 heterocycles. The molecule has 2 heteroatoms. The Morgan fingerprint density at radius 2 is 2.11 bits per heavy atom. The van der Waals surface area contributed by atoms with Gasteiger partial charge in [0.1, 0.15) is 0 Å². The molecule has 51 valence electrons. The third-order valence-corrected chi connectivity index (χ3v) is 1.59. The summed E-state index contributed by atoms with van der Waals surface area (Å²) in [4.78, 5) is 4.16. The predicted molar refractivity (Wildman–Crippen MR) is 39.3 cm³/mol. The van der Waals surface area contributed by atoms with Gasteiger partial charge in [-0.05, 0) is 32.1 Å². The summed E-state index contributed by atoms with van der Waals surface area (Å²) in [5.41, 5.74) is 6.57. The lowest BCUT2D eigenvalue weighted by atomic mass is 9.99. The zero-order valence-corrected chi connectivity index (χ0v) is 5.64. The van der Waals surface area contributed by atoms with Crippen molar-refractivity contribution < 1.29 is 0 Å². The summed E-state index contributed by atoms with van der Waals surface area (Å²) < 4.78 is 0. The van der Waals surface area contributed by atoms with E-state index in [4.69, 9.17) is 5.73 Å². The summed E-state index contributed by atoms with van der Waals surface area (Å²) in [5.74, 6) is 0. The maximum atomic E-state index is 5.26. The summed E-state index contributed by atoms with van der Waals surface area (Å²) in [6, 6.07) is 0. The van der Waals surface area contributed by atoms with Gasteiger partial charge in [-0.15, -0.1) is 0 Å². The molecule has 0 aromatic carbocycles. The first-order valence-corrected chi connectivity index (χ1v) is 3.47. The van der Waals surface area contributed by atoms with E-state index in [1.807, 2.05) is 0 Å². The first-order chi connectivity index (χ1) is 4.43. The van der Waals surface area contributed by atoms with Crippen molar-refractivity contribution in [3.05, 3.63) is 6.42 Å². The Bertz CT molecular complexity index is 99.5. The van der Waals surface area contributed by atoms with E-state index in [1.165, 1.54) is 18.6 Å². The Balaban J connectivity index is 2.30. The molecule has 0 aromatic rings. The highest BCUT2D eigenvalue weighted by atomic mass is 14.9. The van der Waals surface area contributed by atoms with Crippen molar-refractivity contribution in [3.8, 4) is 0 Å². The first kappa shape index (κ1) is 6.75. The molecule has 1 rings (SSSR count). The lowest BCUT2D eigenvalue weighted by Gasteiger charge is -2.10. The molecule has 1 aliphatic rings. The number of rotatable bonds is 1. The van der Waals surface area contributed by atoms with Crippen molar-refractivity contribution in [3.63, 3.8) is 0 Å².